The number of nitrogens with zero attached hydrogens (tertiary/aromatic N) is 1. The average molecular weight is 311 g/mol. The number of furan rings is 1. The molecule has 1 N–H and O–H groups in total. The van der Waals surface area contributed by atoms with E-state index in [9.17, 15) is 18.7 Å². The molecule has 1 aliphatic rings. The SMILES string of the molecule is O=C(Cc1coc2c(F)c(F)ccc12)N1CCOC[C@H]1CO. The molecule has 1 amide bonds. The number of benzene rings is 1. The Morgan fingerprint density at radius 3 is 3.00 bits per heavy atom. The third-order valence-electron chi connectivity index (χ3n) is 3.82. The van der Waals surface area contributed by atoms with Gasteiger partial charge in [0, 0.05) is 17.5 Å². The lowest BCUT2D eigenvalue weighted by Crippen LogP contribution is -2.50. The van der Waals surface area contributed by atoms with Gasteiger partial charge in [-0.2, -0.15) is 4.39 Å². The molecule has 1 atom stereocenters. The molecule has 2 aromatic rings. The molecule has 0 bridgehead atoms. The molecule has 0 radical (unpaired) electrons. The number of aliphatic hydroxyl groups excluding tert-OH is 1. The highest BCUT2D eigenvalue weighted by Gasteiger charge is 2.27. The summed E-state index contributed by atoms with van der Waals surface area (Å²) in [5.74, 6) is -2.26. The topological polar surface area (TPSA) is 62.9 Å². The number of carbonyl (C=O) groups is 1. The van der Waals surface area contributed by atoms with Crippen molar-refractivity contribution < 1.29 is 27.8 Å². The molecule has 5 nitrogen and oxygen atoms in total. The molecule has 1 aromatic carbocycles. The van der Waals surface area contributed by atoms with Crippen LogP contribution in [0.5, 0.6) is 0 Å². The van der Waals surface area contributed by atoms with E-state index in [-0.39, 0.29) is 37.2 Å². The highest BCUT2D eigenvalue weighted by molar-refractivity contribution is 5.88. The molecular formula is C15H15F2NO4. The van der Waals surface area contributed by atoms with Crippen molar-refractivity contribution in [2.24, 2.45) is 0 Å². The molecule has 3 rings (SSSR count). The Hall–Kier alpha value is -1.99. The van der Waals surface area contributed by atoms with Gasteiger partial charge in [-0.15, -0.1) is 0 Å². The molecular weight excluding hydrogens is 296 g/mol. The van der Waals surface area contributed by atoms with E-state index < -0.39 is 11.6 Å². The fourth-order valence-electron chi connectivity index (χ4n) is 2.63. The highest BCUT2D eigenvalue weighted by Crippen LogP contribution is 2.26. The van der Waals surface area contributed by atoms with Gasteiger partial charge in [0.25, 0.3) is 0 Å². The zero-order chi connectivity index (χ0) is 15.7. The van der Waals surface area contributed by atoms with Gasteiger partial charge in [0.15, 0.2) is 11.4 Å². The number of aliphatic hydroxyl groups is 1. The van der Waals surface area contributed by atoms with Gasteiger partial charge in [0.2, 0.25) is 11.7 Å². The van der Waals surface area contributed by atoms with Crippen molar-refractivity contribution in [1.29, 1.82) is 0 Å². The number of rotatable bonds is 3. The van der Waals surface area contributed by atoms with Crippen molar-refractivity contribution in [1.82, 2.24) is 4.90 Å². The minimum Gasteiger partial charge on any atom is -0.461 e. The lowest BCUT2D eigenvalue weighted by atomic mass is 10.1. The number of fused-ring (bicyclic) bond motifs is 1. The summed E-state index contributed by atoms with van der Waals surface area (Å²) in [6, 6.07) is 2.02. The van der Waals surface area contributed by atoms with Crippen molar-refractivity contribution in [3.63, 3.8) is 0 Å². The number of morpholine rings is 1. The molecule has 118 valence electrons. The Balaban J connectivity index is 1.84. The van der Waals surface area contributed by atoms with Gasteiger partial charge in [0.1, 0.15) is 0 Å². The van der Waals surface area contributed by atoms with Crippen molar-refractivity contribution in [2.45, 2.75) is 12.5 Å². The van der Waals surface area contributed by atoms with E-state index in [1.165, 1.54) is 12.3 Å². The summed E-state index contributed by atoms with van der Waals surface area (Å²) in [5.41, 5.74) is 0.297. The van der Waals surface area contributed by atoms with Gasteiger partial charge in [-0.3, -0.25) is 4.79 Å². The van der Waals surface area contributed by atoms with Gasteiger partial charge in [-0.1, -0.05) is 0 Å². The largest absolute Gasteiger partial charge is 0.461 e. The summed E-state index contributed by atoms with van der Waals surface area (Å²) in [7, 11) is 0. The molecule has 0 unspecified atom stereocenters. The van der Waals surface area contributed by atoms with E-state index in [0.717, 1.165) is 6.07 Å². The van der Waals surface area contributed by atoms with Gasteiger partial charge in [0.05, 0.1) is 38.5 Å². The van der Waals surface area contributed by atoms with Crippen LogP contribution in [-0.4, -0.2) is 48.3 Å². The Morgan fingerprint density at radius 1 is 1.41 bits per heavy atom. The van der Waals surface area contributed by atoms with Gasteiger partial charge in [-0.05, 0) is 12.1 Å². The maximum absolute atomic E-state index is 13.6. The van der Waals surface area contributed by atoms with Gasteiger partial charge in [-0.25, -0.2) is 4.39 Å². The number of carbonyl (C=O) groups excluding carboxylic acids is 1. The zero-order valence-electron chi connectivity index (χ0n) is 11.7. The third-order valence-corrected chi connectivity index (χ3v) is 3.82. The van der Waals surface area contributed by atoms with Crippen LogP contribution in [0.15, 0.2) is 22.8 Å². The first-order valence-corrected chi connectivity index (χ1v) is 6.94. The Kier molecular flexibility index (Phi) is 4.08. The van der Waals surface area contributed by atoms with Crippen molar-refractivity contribution in [2.75, 3.05) is 26.4 Å². The standard InChI is InChI=1S/C15H15F2NO4/c16-12-2-1-11-9(7-22-15(11)14(12)17)5-13(20)18-3-4-21-8-10(18)6-19/h1-2,7,10,19H,3-6,8H2/t10-/m1/s1. The lowest BCUT2D eigenvalue weighted by molar-refractivity contribution is -0.140. The van der Waals surface area contributed by atoms with Crippen LogP contribution in [0.4, 0.5) is 8.78 Å². The van der Waals surface area contributed by atoms with Crippen molar-refractivity contribution in [3.8, 4) is 0 Å². The van der Waals surface area contributed by atoms with E-state index in [0.29, 0.717) is 24.1 Å². The number of amides is 1. The summed E-state index contributed by atoms with van der Waals surface area (Å²) in [4.78, 5) is 13.9. The molecule has 0 saturated carbocycles. The smallest absolute Gasteiger partial charge is 0.227 e. The molecule has 1 saturated heterocycles. The predicted molar refractivity (Wildman–Crippen MR) is 73.2 cm³/mol. The minimum absolute atomic E-state index is 0.00538. The third kappa shape index (κ3) is 2.57. The van der Waals surface area contributed by atoms with Crippen LogP contribution in [0, 0.1) is 11.6 Å². The maximum atomic E-state index is 13.6. The van der Waals surface area contributed by atoms with Crippen LogP contribution >= 0.6 is 0 Å². The number of halogens is 2. The van der Waals surface area contributed by atoms with Crippen LogP contribution in [0.2, 0.25) is 0 Å². The van der Waals surface area contributed by atoms with Crippen LogP contribution < -0.4 is 0 Å². The minimum atomic E-state index is -1.06. The first kappa shape index (κ1) is 14.9. The van der Waals surface area contributed by atoms with Crippen molar-refractivity contribution in [3.05, 3.63) is 35.6 Å². The van der Waals surface area contributed by atoms with Crippen molar-refractivity contribution >= 4 is 16.9 Å². The van der Waals surface area contributed by atoms with Crippen LogP contribution in [0.1, 0.15) is 5.56 Å². The van der Waals surface area contributed by atoms with E-state index in [4.69, 9.17) is 9.15 Å². The first-order valence-electron chi connectivity index (χ1n) is 6.94. The summed E-state index contributed by atoms with van der Waals surface area (Å²) < 4.78 is 37.0. The van der Waals surface area contributed by atoms with Crippen LogP contribution in [-0.2, 0) is 16.0 Å². The summed E-state index contributed by atoms with van der Waals surface area (Å²) in [6.45, 7) is 0.906. The monoisotopic (exact) mass is 311 g/mol. The van der Waals surface area contributed by atoms with Gasteiger partial charge < -0.3 is 19.2 Å². The molecule has 7 heteroatoms. The molecule has 1 fully saturated rings. The molecule has 0 aliphatic carbocycles. The fourth-order valence-corrected chi connectivity index (χ4v) is 2.63. The van der Waals surface area contributed by atoms with E-state index in [2.05, 4.69) is 0 Å². The molecule has 2 heterocycles. The zero-order valence-corrected chi connectivity index (χ0v) is 11.7. The summed E-state index contributed by atoms with van der Waals surface area (Å²) >= 11 is 0. The predicted octanol–water partition coefficient (Wildman–Crippen LogP) is 1.47. The second-order valence-electron chi connectivity index (χ2n) is 5.17. The van der Waals surface area contributed by atoms with Crippen LogP contribution in [0.25, 0.3) is 11.0 Å². The first-order chi connectivity index (χ1) is 10.6. The summed E-state index contributed by atoms with van der Waals surface area (Å²) in [5, 5.41) is 9.67. The molecule has 1 aromatic heterocycles. The number of ether oxygens (including phenoxy) is 1. The fraction of sp³-hybridized carbons (Fsp3) is 0.400. The Morgan fingerprint density at radius 2 is 2.23 bits per heavy atom. The number of hydrogen-bond acceptors (Lipinski definition) is 4. The Bertz CT molecular complexity index is 700. The lowest BCUT2D eigenvalue weighted by Gasteiger charge is -2.34. The average Bonchev–Trinajstić information content (AvgIpc) is 2.94. The highest BCUT2D eigenvalue weighted by atomic mass is 19.2. The normalized spacial score (nSPS) is 18.9. The number of hydrogen-bond donors (Lipinski definition) is 1. The van der Waals surface area contributed by atoms with Crippen LogP contribution in [0.3, 0.4) is 0 Å². The Labute approximate surface area is 125 Å². The van der Waals surface area contributed by atoms with E-state index in [1.54, 1.807) is 4.90 Å². The molecule has 22 heavy (non-hydrogen) atoms. The second-order valence-corrected chi connectivity index (χ2v) is 5.17. The second kappa shape index (κ2) is 6.02. The summed E-state index contributed by atoms with van der Waals surface area (Å²) in [6.07, 6.45) is 1.26. The van der Waals surface area contributed by atoms with E-state index >= 15 is 0 Å². The quantitative estimate of drug-likeness (QED) is 0.932. The van der Waals surface area contributed by atoms with Gasteiger partial charge >= 0.3 is 0 Å². The van der Waals surface area contributed by atoms with E-state index in [1.807, 2.05) is 0 Å². The molecule has 0 spiro atoms. The maximum Gasteiger partial charge on any atom is 0.227 e. The molecule has 1 aliphatic heterocycles.